The molecule has 2 aromatic rings. The molecular formula is C21H29NO. The molecule has 0 saturated heterocycles. The molecule has 0 bridgehead atoms. The fourth-order valence-corrected chi connectivity index (χ4v) is 3.06. The maximum Gasteiger partial charge on any atom is 0.0707 e. The monoisotopic (exact) mass is 311 g/mol. The van der Waals surface area contributed by atoms with Crippen molar-refractivity contribution in [1.29, 1.82) is 0 Å². The van der Waals surface area contributed by atoms with E-state index < -0.39 is 0 Å². The molecule has 0 aliphatic heterocycles. The van der Waals surface area contributed by atoms with Crippen molar-refractivity contribution in [2.45, 2.75) is 46.3 Å². The van der Waals surface area contributed by atoms with Crippen molar-refractivity contribution in [3.63, 3.8) is 0 Å². The lowest BCUT2D eigenvalue weighted by molar-refractivity contribution is 0.108. The van der Waals surface area contributed by atoms with Crippen LogP contribution in [0.5, 0.6) is 0 Å². The van der Waals surface area contributed by atoms with Gasteiger partial charge in [-0.25, -0.2) is 0 Å². The third-order valence-electron chi connectivity index (χ3n) is 4.21. The highest BCUT2D eigenvalue weighted by Gasteiger charge is 2.13. The first-order valence-electron chi connectivity index (χ1n) is 8.59. The van der Waals surface area contributed by atoms with E-state index in [4.69, 9.17) is 0 Å². The fourth-order valence-electron chi connectivity index (χ4n) is 3.06. The molecule has 0 radical (unpaired) electrons. The molecule has 124 valence electrons. The van der Waals surface area contributed by atoms with Crippen LogP contribution >= 0.6 is 0 Å². The van der Waals surface area contributed by atoms with Crippen LogP contribution in [-0.2, 0) is 13.0 Å². The van der Waals surface area contributed by atoms with Crippen LogP contribution in [-0.4, -0.2) is 29.2 Å². The maximum absolute atomic E-state index is 10.4. The highest BCUT2D eigenvalue weighted by atomic mass is 16.3. The average Bonchev–Trinajstić information content (AvgIpc) is 2.51. The molecule has 0 fully saturated rings. The minimum absolute atomic E-state index is 0.324. The van der Waals surface area contributed by atoms with Gasteiger partial charge in [-0.15, -0.1) is 0 Å². The molecule has 2 rings (SSSR count). The van der Waals surface area contributed by atoms with Crippen molar-refractivity contribution in [3.8, 4) is 0 Å². The van der Waals surface area contributed by atoms with Crippen molar-refractivity contribution < 1.29 is 5.11 Å². The van der Waals surface area contributed by atoms with Gasteiger partial charge in [-0.1, -0.05) is 61.0 Å². The molecule has 23 heavy (non-hydrogen) atoms. The third kappa shape index (κ3) is 5.81. The lowest BCUT2D eigenvalue weighted by atomic mass is 10.0. The highest BCUT2D eigenvalue weighted by Crippen LogP contribution is 2.14. The molecule has 1 N–H and O–H groups in total. The van der Waals surface area contributed by atoms with E-state index >= 15 is 0 Å². The van der Waals surface area contributed by atoms with Gasteiger partial charge in [0, 0.05) is 13.1 Å². The summed E-state index contributed by atoms with van der Waals surface area (Å²) >= 11 is 0. The molecular weight excluding hydrogens is 282 g/mol. The molecule has 0 spiro atoms. The van der Waals surface area contributed by atoms with Gasteiger partial charge in [0.05, 0.1) is 6.10 Å². The van der Waals surface area contributed by atoms with Crippen molar-refractivity contribution >= 4 is 0 Å². The fraction of sp³-hybridized carbons (Fsp3) is 0.429. The minimum Gasteiger partial charge on any atom is -0.391 e. The van der Waals surface area contributed by atoms with Gasteiger partial charge in [0.1, 0.15) is 0 Å². The van der Waals surface area contributed by atoms with Crippen LogP contribution in [0.25, 0.3) is 0 Å². The van der Waals surface area contributed by atoms with Crippen molar-refractivity contribution in [2.75, 3.05) is 13.1 Å². The molecule has 0 amide bonds. The van der Waals surface area contributed by atoms with E-state index in [1.807, 2.05) is 18.2 Å². The largest absolute Gasteiger partial charge is 0.391 e. The Morgan fingerprint density at radius 3 is 2.43 bits per heavy atom. The number of hydrogen-bond acceptors (Lipinski definition) is 2. The summed E-state index contributed by atoms with van der Waals surface area (Å²) in [4.78, 5) is 2.37. The van der Waals surface area contributed by atoms with Crippen molar-refractivity contribution in [3.05, 3.63) is 70.8 Å². The van der Waals surface area contributed by atoms with Gasteiger partial charge in [0.15, 0.2) is 0 Å². The van der Waals surface area contributed by atoms with Crippen LogP contribution in [0.1, 0.15) is 35.6 Å². The SMILES string of the molecule is CCCN(Cc1ccc(C)cc1C)C[C@@H](O)Cc1ccccc1. The second kappa shape index (κ2) is 8.85. The van der Waals surface area contributed by atoms with Crippen LogP contribution in [0.4, 0.5) is 0 Å². The molecule has 0 aliphatic rings. The molecule has 2 aromatic carbocycles. The molecule has 2 heteroatoms. The quantitative estimate of drug-likeness (QED) is 0.793. The van der Waals surface area contributed by atoms with E-state index in [2.05, 4.69) is 56.0 Å². The standard InChI is InChI=1S/C21H29NO/c1-4-12-22(15-20-11-10-17(2)13-18(20)3)16-21(23)14-19-8-6-5-7-9-19/h5-11,13,21,23H,4,12,14-16H2,1-3H3/t21-/m0/s1. The lowest BCUT2D eigenvalue weighted by Gasteiger charge is -2.25. The zero-order valence-corrected chi connectivity index (χ0v) is 14.6. The number of aliphatic hydroxyl groups is 1. The van der Waals surface area contributed by atoms with Gasteiger partial charge in [-0.2, -0.15) is 0 Å². The summed E-state index contributed by atoms with van der Waals surface area (Å²) in [5.74, 6) is 0. The number of hydrogen-bond donors (Lipinski definition) is 1. The normalized spacial score (nSPS) is 12.6. The highest BCUT2D eigenvalue weighted by molar-refractivity contribution is 5.30. The Hall–Kier alpha value is -1.64. The van der Waals surface area contributed by atoms with Gasteiger partial charge < -0.3 is 5.11 Å². The van der Waals surface area contributed by atoms with Gasteiger partial charge in [0.2, 0.25) is 0 Å². The maximum atomic E-state index is 10.4. The van der Waals surface area contributed by atoms with Gasteiger partial charge >= 0.3 is 0 Å². The van der Waals surface area contributed by atoms with E-state index in [-0.39, 0.29) is 6.10 Å². The Balaban J connectivity index is 1.97. The summed E-state index contributed by atoms with van der Waals surface area (Å²) in [6, 6.07) is 16.9. The first kappa shape index (κ1) is 17.7. The summed E-state index contributed by atoms with van der Waals surface area (Å²) in [6.07, 6.45) is 1.49. The number of nitrogens with zero attached hydrogens (tertiary/aromatic N) is 1. The smallest absolute Gasteiger partial charge is 0.0707 e. The van der Waals surface area contributed by atoms with Crippen LogP contribution < -0.4 is 0 Å². The molecule has 1 atom stereocenters. The molecule has 0 saturated carbocycles. The predicted molar refractivity (Wildman–Crippen MR) is 97.6 cm³/mol. The number of benzene rings is 2. The molecule has 0 unspecified atom stereocenters. The summed E-state index contributed by atoms with van der Waals surface area (Å²) in [5.41, 5.74) is 5.19. The third-order valence-corrected chi connectivity index (χ3v) is 4.21. The molecule has 0 aromatic heterocycles. The number of aliphatic hydroxyl groups excluding tert-OH is 1. The zero-order valence-electron chi connectivity index (χ0n) is 14.6. The average molecular weight is 311 g/mol. The molecule has 0 heterocycles. The lowest BCUT2D eigenvalue weighted by Crippen LogP contribution is -2.34. The summed E-state index contributed by atoms with van der Waals surface area (Å²) < 4.78 is 0. The van der Waals surface area contributed by atoms with E-state index in [9.17, 15) is 5.11 Å². The van der Waals surface area contributed by atoms with E-state index in [0.717, 1.165) is 26.1 Å². The van der Waals surface area contributed by atoms with Gasteiger partial charge in [0.25, 0.3) is 0 Å². The Morgan fingerprint density at radius 2 is 1.78 bits per heavy atom. The van der Waals surface area contributed by atoms with Crippen LogP contribution in [0.3, 0.4) is 0 Å². The summed E-state index contributed by atoms with van der Waals surface area (Å²) in [6.45, 7) is 9.14. The Labute approximate surface area is 140 Å². The predicted octanol–water partition coefficient (Wildman–Crippen LogP) is 4.12. The van der Waals surface area contributed by atoms with E-state index in [1.54, 1.807) is 0 Å². The minimum atomic E-state index is -0.324. The van der Waals surface area contributed by atoms with E-state index in [0.29, 0.717) is 6.42 Å². The number of aryl methyl sites for hydroxylation is 2. The zero-order chi connectivity index (χ0) is 16.7. The van der Waals surface area contributed by atoms with Crippen LogP contribution in [0.2, 0.25) is 0 Å². The summed E-state index contributed by atoms with van der Waals surface area (Å²) in [5, 5.41) is 10.4. The Bertz CT molecular complexity index is 594. The Morgan fingerprint density at radius 1 is 1.04 bits per heavy atom. The van der Waals surface area contributed by atoms with Crippen LogP contribution in [0, 0.1) is 13.8 Å². The van der Waals surface area contributed by atoms with Crippen LogP contribution in [0.15, 0.2) is 48.5 Å². The summed E-state index contributed by atoms with van der Waals surface area (Å²) in [7, 11) is 0. The van der Waals surface area contributed by atoms with Gasteiger partial charge in [-0.3, -0.25) is 4.90 Å². The van der Waals surface area contributed by atoms with Crippen molar-refractivity contribution in [1.82, 2.24) is 4.90 Å². The second-order valence-corrected chi connectivity index (χ2v) is 6.51. The molecule has 0 aliphatic carbocycles. The van der Waals surface area contributed by atoms with Crippen molar-refractivity contribution in [2.24, 2.45) is 0 Å². The Kier molecular flexibility index (Phi) is 6.82. The van der Waals surface area contributed by atoms with E-state index in [1.165, 1.54) is 22.3 Å². The first-order valence-corrected chi connectivity index (χ1v) is 8.59. The molecule has 2 nitrogen and oxygen atoms in total. The first-order chi connectivity index (χ1) is 11.1. The second-order valence-electron chi connectivity index (χ2n) is 6.51. The van der Waals surface area contributed by atoms with Gasteiger partial charge in [-0.05, 0) is 49.9 Å². The number of rotatable bonds is 8. The topological polar surface area (TPSA) is 23.5 Å².